The minimum atomic E-state index is 0.549. The molecule has 0 aliphatic rings. The number of aryl methyl sites for hydroxylation is 1. The average molecular weight is 325 g/mol. The van der Waals surface area contributed by atoms with Gasteiger partial charge in [-0.3, -0.25) is 0 Å². The molecule has 2 rings (SSSR count). The van der Waals surface area contributed by atoms with Crippen LogP contribution in [0.4, 0.5) is 5.69 Å². The molecule has 104 valence electrons. The standard InChI is InChI=1S/C15H14Cl2N2S/c1-10-3-2-4-13(7-10)19-15(20)18-9-11-5-6-12(16)8-14(11)17/h2-8H,9H2,1H3,(H2,18,19,20). The zero-order valence-electron chi connectivity index (χ0n) is 10.9. The third-order valence-corrected chi connectivity index (χ3v) is 3.56. The summed E-state index contributed by atoms with van der Waals surface area (Å²) in [6.45, 7) is 2.59. The van der Waals surface area contributed by atoms with Gasteiger partial charge in [-0.25, -0.2) is 0 Å². The largest absolute Gasteiger partial charge is 0.358 e. The van der Waals surface area contributed by atoms with Gasteiger partial charge in [-0.15, -0.1) is 0 Å². The van der Waals surface area contributed by atoms with Crippen LogP contribution in [0.3, 0.4) is 0 Å². The number of nitrogens with one attached hydrogen (secondary N) is 2. The van der Waals surface area contributed by atoms with Gasteiger partial charge in [0, 0.05) is 22.3 Å². The summed E-state index contributed by atoms with van der Waals surface area (Å²) in [5.74, 6) is 0. The molecule has 2 nitrogen and oxygen atoms in total. The molecule has 0 aliphatic carbocycles. The van der Waals surface area contributed by atoms with Gasteiger partial charge < -0.3 is 10.6 Å². The molecule has 0 unspecified atom stereocenters. The molecule has 2 aromatic rings. The third-order valence-electron chi connectivity index (χ3n) is 2.73. The Morgan fingerprint density at radius 2 is 1.95 bits per heavy atom. The molecular weight excluding hydrogens is 311 g/mol. The Hall–Kier alpha value is -1.29. The highest BCUT2D eigenvalue weighted by atomic mass is 35.5. The fourth-order valence-corrected chi connectivity index (χ4v) is 2.40. The van der Waals surface area contributed by atoms with E-state index in [4.69, 9.17) is 35.4 Å². The molecule has 0 fully saturated rings. The molecule has 0 radical (unpaired) electrons. The van der Waals surface area contributed by atoms with Crippen molar-refractivity contribution in [3.63, 3.8) is 0 Å². The monoisotopic (exact) mass is 324 g/mol. The van der Waals surface area contributed by atoms with Gasteiger partial charge >= 0.3 is 0 Å². The van der Waals surface area contributed by atoms with Gasteiger partial charge in [0.05, 0.1) is 0 Å². The van der Waals surface area contributed by atoms with E-state index in [1.807, 2.05) is 43.3 Å². The van der Waals surface area contributed by atoms with Gasteiger partial charge in [-0.1, -0.05) is 41.4 Å². The molecule has 20 heavy (non-hydrogen) atoms. The first-order chi connectivity index (χ1) is 9.54. The number of anilines is 1. The van der Waals surface area contributed by atoms with E-state index in [1.165, 1.54) is 5.56 Å². The normalized spacial score (nSPS) is 10.2. The molecule has 0 spiro atoms. The smallest absolute Gasteiger partial charge is 0.171 e. The SMILES string of the molecule is Cc1cccc(NC(=S)NCc2ccc(Cl)cc2Cl)c1. The summed E-state index contributed by atoms with van der Waals surface area (Å²) in [6, 6.07) is 13.4. The maximum atomic E-state index is 6.11. The Bertz CT molecular complexity index is 629. The Balaban J connectivity index is 1.92. The van der Waals surface area contributed by atoms with Crippen LogP contribution in [0.1, 0.15) is 11.1 Å². The van der Waals surface area contributed by atoms with Gasteiger partial charge in [-0.2, -0.15) is 0 Å². The summed E-state index contributed by atoms with van der Waals surface area (Å²) in [6.07, 6.45) is 0. The molecule has 0 bridgehead atoms. The van der Waals surface area contributed by atoms with E-state index < -0.39 is 0 Å². The minimum absolute atomic E-state index is 0.549. The Morgan fingerprint density at radius 1 is 1.15 bits per heavy atom. The van der Waals surface area contributed by atoms with E-state index in [0.29, 0.717) is 21.7 Å². The molecule has 0 amide bonds. The summed E-state index contributed by atoms with van der Waals surface area (Å²) in [5.41, 5.74) is 3.09. The average Bonchev–Trinajstić information content (AvgIpc) is 2.37. The van der Waals surface area contributed by atoms with E-state index >= 15 is 0 Å². The summed E-state index contributed by atoms with van der Waals surface area (Å²) in [4.78, 5) is 0. The van der Waals surface area contributed by atoms with Crippen molar-refractivity contribution in [1.82, 2.24) is 5.32 Å². The molecular formula is C15H14Cl2N2S. The number of benzene rings is 2. The van der Waals surface area contributed by atoms with Crippen LogP contribution in [0.2, 0.25) is 10.0 Å². The molecule has 0 aliphatic heterocycles. The van der Waals surface area contributed by atoms with Gasteiger partial charge in [-0.05, 0) is 54.5 Å². The fourth-order valence-electron chi connectivity index (χ4n) is 1.74. The fraction of sp³-hybridized carbons (Fsp3) is 0.133. The number of thiocarbonyl (C=S) groups is 1. The van der Waals surface area contributed by atoms with Crippen molar-refractivity contribution in [3.05, 3.63) is 63.6 Å². The van der Waals surface area contributed by atoms with Crippen LogP contribution in [-0.4, -0.2) is 5.11 Å². The van der Waals surface area contributed by atoms with Crippen LogP contribution < -0.4 is 10.6 Å². The molecule has 0 saturated heterocycles. The molecule has 0 saturated carbocycles. The van der Waals surface area contributed by atoms with Crippen molar-refractivity contribution in [3.8, 4) is 0 Å². The Labute approximate surface area is 134 Å². The second kappa shape index (κ2) is 6.93. The number of hydrogen-bond acceptors (Lipinski definition) is 1. The van der Waals surface area contributed by atoms with E-state index in [0.717, 1.165) is 11.3 Å². The van der Waals surface area contributed by atoms with Gasteiger partial charge in [0.2, 0.25) is 0 Å². The number of halogens is 2. The lowest BCUT2D eigenvalue weighted by atomic mass is 10.2. The second-order valence-electron chi connectivity index (χ2n) is 4.41. The van der Waals surface area contributed by atoms with Crippen molar-refractivity contribution in [2.45, 2.75) is 13.5 Å². The highest BCUT2D eigenvalue weighted by molar-refractivity contribution is 7.80. The van der Waals surface area contributed by atoms with Crippen LogP contribution in [0.25, 0.3) is 0 Å². The van der Waals surface area contributed by atoms with Crippen molar-refractivity contribution in [1.29, 1.82) is 0 Å². The highest BCUT2D eigenvalue weighted by Crippen LogP contribution is 2.20. The first-order valence-electron chi connectivity index (χ1n) is 6.10. The van der Waals surface area contributed by atoms with Crippen LogP contribution in [0.15, 0.2) is 42.5 Å². The molecule has 0 aromatic heterocycles. The van der Waals surface area contributed by atoms with Crippen molar-refractivity contribution >= 4 is 46.2 Å². The predicted octanol–water partition coefficient (Wildman–Crippen LogP) is 4.79. The lowest BCUT2D eigenvalue weighted by Gasteiger charge is -2.12. The molecule has 2 aromatic carbocycles. The zero-order valence-corrected chi connectivity index (χ0v) is 13.2. The first-order valence-corrected chi connectivity index (χ1v) is 7.26. The lowest BCUT2D eigenvalue weighted by Crippen LogP contribution is -2.28. The van der Waals surface area contributed by atoms with Crippen molar-refractivity contribution in [2.24, 2.45) is 0 Å². The van der Waals surface area contributed by atoms with E-state index in [2.05, 4.69) is 10.6 Å². The topological polar surface area (TPSA) is 24.1 Å². The maximum absolute atomic E-state index is 6.11. The quantitative estimate of drug-likeness (QED) is 0.794. The molecule has 0 heterocycles. The van der Waals surface area contributed by atoms with E-state index in [-0.39, 0.29) is 0 Å². The Kier molecular flexibility index (Phi) is 5.24. The van der Waals surface area contributed by atoms with Crippen LogP contribution in [0, 0.1) is 6.92 Å². The summed E-state index contributed by atoms with van der Waals surface area (Å²) in [5, 5.41) is 8.06. The summed E-state index contributed by atoms with van der Waals surface area (Å²) < 4.78 is 0. The number of hydrogen-bond donors (Lipinski definition) is 2. The third kappa shape index (κ3) is 4.37. The molecule has 0 atom stereocenters. The molecule has 5 heteroatoms. The number of rotatable bonds is 3. The zero-order chi connectivity index (χ0) is 14.5. The van der Waals surface area contributed by atoms with Gasteiger partial charge in [0.15, 0.2) is 5.11 Å². The minimum Gasteiger partial charge on any atom is -0.358 e. The molecule has 2 N–H and O–H groups in total. The Morgan fingerprint density at radius 3 is 2.65 bits per heavy atom. The highest BCUT2D eigenvalue weighted by Gasteiger charge is 2.03. The van der Waals surface area contributed by atoms with Crippen molar-refractivity contribution in [2.75, 3.05) is 5.32 Å². The van der Waals surface area contributed by atoms with Gasteiger partial charge in [0.25, 0.3) is 0 Å². The maximum Gasteiger partial charge on any atom is 0.171 e. The van der Waals surface area contributed by atoms with Crippen LogP contribution in [0.5, 0.6) is 0 Å². The summed E-state index contributed by atoms with van der Waals surface area (Å²) >= 11 is 17.2. The van der Waals surface area contributed by atoms with Crippen LogP contribution in [-0.2, 0) is 6.54 Å². The van der Waals surface area contributed by atoms with E-state index in [9.17, 15) is 0 Å². The second-order valence-corrected chi connectivity index (χ2v) is 5.66. The summed E-state index contributed by atoms with van der Waals surface area (Å²) in [7, 11) is 0. The van der Waals surface area contributed by atoms with Crippen LogP contribution >= 0.6 is 35.4 Å². The predicted molar refractivity (Wildman–Crippen MR) is 90.7 cm³/mol. The van der Waals surface area contributed by atoms with Crippen molar-refractivity contribution < 1.29 is 0 Å². The van der Waals surface area contributed by atoms with Gasteiger partial charge in [0.1, 0.15) is 0 Å². The first kappa shape index (κ1) is 15.1. The van der Waals surface area contributed by atoms with E-state index in [1.54, 1.807) is 6.07 Å². The lowest BCUT2D eigenvalue weighted by molar-refractivity contribution is 0.926.